The quantitative estimate of drug-likeness (QED) is 0.802. The van der Waals surface area contributed by atoms with Crippen LogP contribution in [0.3, 0.4) is 0 Å². The van der Waals surface area contributed by atoms with Gasteiger partial charge in [0.1, 0.15) is 5.82 Å². The van der Waals surface area contributed by atoms with Crippen LogP contribution in [0, 0.1) is 6.92 Å². The molecular formula is C19H20N4O. The summed E-state index contributed by atoms with van der Waals surface area (Å²) in [5, 5.41) is 4.03. The van der Waals surface area contributed by atoms with Crippen molar-refractivity contribution in [3.63, 3.8) is 0 Å². The molecule has 0 atom stereocenters. The van der Waals surface area contributed by atoms with Crippen molar-refractivity contribution in [1.82, 2.24) is 9.97 Å². The molecule has 0 radical (unpaired) electrons. The van der Waals surface area contributed by atoms with Gasteiger partial charge in [-0.05, 0) is 48.4 Å². The highest BCUT2D eigenvalue weighted by Crippen LogP contribution is 2.24. The summed E-state index contributed by atoms with van der Waals surface area (Å²) < 4.78 is 0. The minimum Gasteiger partial charge on any atom is -0.363 e. The molecule has 0 saturated carbocycles. The van der Waals surface area contributed by atoms with Crippen molar-refractivity contribution in [2.45, 2.75) is 13.3 Å². The summed E-state index contributed by atoms with van der Waals surface area (Å²) in [6.07, 6.45) is 3.70. The Balaban J connectivity index is 1.83. The van der Waals surface area contributed by atoms with E-state index >= 15 is 0 Å². The van der Waals surface area contributed by atoms with Gasteiger partial charge in [0.2, 0.25) is 5.91 Å². The number of benzene rings is 1. The molecule has 1 N–H and O–H groups in total. The van der Waals surface area contributed by atoms with Gasteiger partial charge in [-0.15, -0.1) is 0 Å². The van der Waals surface area contributed by atoms with E-state index in [4.69, 9.17) is 0 Å². The van der Waals surface area contributed by atoms with Gasteiger partial charge in [-0.1, -0.05) is 6.07 Å². The van der Waals surface area contributed by atoms with Gasteiger partial charge in [0, 0.05) is 37.6 Å². The number of rotatable bonds is 4. The summed E-state index contributed by atoms with van der Waals surface area (Å²) in [4.78, 5) is 22.8. The first kappa shape index (κ1) is 15.9. The van der Waals surface area contributed by atoms with Crippen molar-refractivity contribution in [2.75, 3.05) is 24.3 Å². The van der Waals surface area contributed by atoms with Crippen LogP contribution in [0.15, 0.2) is 48.8 Å². The van der Waals surface area contributed by atoms with E-state index in [0.29, 0.717) is 6.42 Å². The SMILES string of the molecule is Cc1cc(N(C)C)nc2cc(NC(=O)Cc3ccncc3)ccc12. The Labute approximate surface area is 141 Å². The van der Waals surface area contributed by atoms with Gasteiger partial charge in [0.15, 0.2) is 0 Å². The van der Waals surface area contributed by atoms with E-state index in [2.05, 4.69) is 28.3 Å². The van der Waals surface area contributed by atoms with E-state index in [9.17, 15) is 4.79 Å². The molecule has 1 aromatic carbocycles. The summed E-state index contributed by atoms with van der Waals surface area (Å²) >= 11 is 0. The van der Waals surface area contributed by atoms with Crippen LogP contribution in [0.1, 0.15) is 11.1 Å². The Hall–Kier alpha value is -2.95. The second kappa shape index (κ2) is 6.66. The van der Waals surface area contributed by atoms with Gasteiger partial charge in [0.25, 0.3) is 0 Å². The van der Waals surface area contributed by atoms with Crippen LogP contribution in [-0.2, 0) is 11.2 Å². The fraction of sp³-hybridized carbons (Fsp3) is 0.211. The Morgan fingerprint density at radius 3 is 2.58 bits per heavy atom. The lowest BCUT2D eigenvalue weighted by molar-refractivity contribution is -0.115. The van der Waals surface area contributed by atoms with Crippen LogP contribution in [0.25, 0.3) is 10.9 Å². The second-order valence-electron chi connectivity index (χ2n) is 6.00. The van der Waals surface area contributed by atoms with Gasteiger partial charge >= 0.3 is 0 Å². The topological polar surface area (TPSA) is 58.1 Å². The number of nitrogens with one attached hydrogen (secondary N) is 1. The number of aromatic nitrogens is 2. The highest BCUT2D eigenvalue weighted by molar-refractivity contribution is 5.95. The van der Waals surface area contributed by atoms with Crippen molar-refractivity contribution in [3.8, 4) is 0 Å². The minimum atomic E-state index is -0.0546. The molecule has 5 nitrogen and oxygen atoms in total. The smallest absolute Gasteiger partial charge is 0.228 e. The fourth-order valence-electron chi connectivity index (χ4n) is 2.58. The fourth-order valence-corrected chi connectivity index (χ4v) is 2.58. The van der Waals surface area contributed by atoms with Crippen molar-refractivity contribution < 1.29 is 4.79 Å². The molecule has 5 heteroatoms. The van der Waals surface area contributed by atoms with Crippen LogP contribution >= 0.6 is 0 Å². The zero-order valence-electron chi connectivity index (χ0n) is 14.1. The molecular weight excluding hydrogens is 300 g/mol. The third-order valence-corrected chi connectivity index (χ3v) is 3.86. The molecule has 0 unspecified atom stereocenters. The number of carbonyl (C=O) groups is 1. The Kier molecular flexibility index (Phi) is 4.42. The van der Waals surface area contributed by atoms with E-state index < -0.39 is 0 Å². The molecule has 2 heterocycles. The van der Waals surface area contributed by atoms with Crippen LogP contribution in [0.2, 0.25) is 0 Å². The van der Waals surface area contributed by atoms with Gasteiger partial charge in [0.05, 0.1) is 11.9 Å². The van der Waals surface area contributed by atoms with Crippen LogP contribution in [0.4, 0.5) is 11.5 Å². The highest BCUT2D eigenvalue weighted by Gasteiger charge is 2.08. The number of pyridine rings is 2. The van der Waals surface area contributed by atoms with Crippen LogP contribution in [0.5, 0.6) is 0 Å². The first-order valence-corrected chi connectivity index (χ1v) is 7.80. The lowest BCUT2D eigenvalue weighted by atomic mass is 10.1. The third-order valence-electron chi connectivity index (χ3n) is 3.86. The molecule has 0 fully saturated rings. The Morgan fingerprint density at radius 1 is 1.12 bits per heavy atom. The normalized spacial score (nSPS) is 10.6. The maximum Gasteiger partial charge on any atom is 0.228 e. The van der Waals surface area contributed by atoms with E-state index in [1.165, 1.54) is 5.56 Å². The average Bonchev–Trinajstić information content (AvgIpc) is 2.55. The average molecular weight is 320 g/mol. The van der Waals surface area contributed by atoms with E-state index in [1.807, 2.05) is 49.3 Å². The number of nitrogens with zero attached hydrogens (tertiary/aromatic N) is 3. The number of amides is 1. The first-order chi connectivity index (χ1) is 11.5. The molecule has 0 bridgehead atoms. The Morgan fingerprint density at radius 2 is 1.88 bits per heavy atom. The third kappa shape index (κ3) is 3.51. The number of carbonyl (C=O) groups excluding carboxylic acids is 1. The standard InChI is InChI=1S/C19H20N4O/c1-13-10-18(23(2)3)22-17-12-15(4-5-16(13)17)21-19(24)11-14-6-8-20-9-7-14/h4-10,12H,11H2,1-3H3,(H,21,24). The monoisotopic (exact) mass is 320 g/mol. The van der Waals surface area contributed by atoms with Gasteiger partial charge in [-0.3, -0.25) is 9.78 Å². The summed E-state index contributed by atoms with van der Waals surface area (Å²) in [5.74, 6) is 0.848. The number of anilines is 2. The number of hydrogen-bond acceptors (Lipinski definition) is 4. The summed E-state index contributed by atoms with van der Waals surface area (Å²) in [6, 6.07) is 11.6. The summed E-state index contributed by atoms with van der Waals surface area (Å²) in [6.45, 7) is 2.07. The van der Waals surface area contributed by atoms with Crippen LogP contribution < -0.4 is 10.2 Å². The Bertz CT molecular complexity index is 875. The molecule has 0 aliphatic carbocycles. The molecule has 0 spiro atoms. The largest absolute Gasteiger partial charge is 0.363 e. The van der Waals surface area contributed by atoms with Crippen LogP contribution in [-0.4, -0.2) is 30.0 Å². The van der Waals surface area contributed by atoms with Crippen molar-refractivity contribution in [1.29, 1.82) is 0 Å². The molecule has 0 aliphatic heterocycles. The van der Waals surface area contributed by atoms with Gasteiger partial charge < -0.3 is 10.2 Å². The maximum atomic E-state index is 12.2. The lowest BCUT2D eigenvalue weighted by Crippen LogP contribution is -2.14. The van der Waals surface area contributed by atoms with Crippen molar-refractivity contribution >= 4 is 28.3 Å². The summed E-state index contributed by atoms with van der Waals surface area (Å²) in [7, 11) is 3.93. The number of aryl methyl sites for hydroxylation is 1. The molecule has 3 aromatic rings. The molecule has 2 aromatic heterocycles. The zero-order chi connectivity index (χ0) is 17.1. The predicted octanol–water partition coefficient (Wildman–Crippen LogP) is 3.19. The van der Waals surface area contributed by atoms with Crippen molar-refractivity contribution in [3.05, 3.63) is 59.9 Å². The minimum absolute atomic E-state index is 0.0546. The van der Waals surface area contributed by atoms with Gasteiger partial charge in [-0.25, -0.2) is 4.98 Å². The first-order valence-electron chi connectivity index (χ1n) is 7.80. The van der Waals surface area contributed by atoms with Gasteiger partial charge in [-0.2, -0.15) is 0 Å². The van der Waals surface area contributed by atoms with E-state index in [-0.39, 0.29) is 5.91 Å². The molecule has 3 rings (SSSR count). The maximum absolute atomic E-state index is 12.2. The van der Waals surface area contributed by atoms with E-state index in [0.717, 1.165) is 28.0 Å². The van der Waals surface area contributed by atoms with E-state index in [1.54, 1.807) is 12.4 Å². The molecule has 0 saturated heterocycles. The highest BCUT2D eigenvalue weighted by atomic mass is 16.1. The van der Waals surface area contributed by atoms with Crippen molar-refractivity contribution in [2.24, 2.45) is 0 Å². The molecule has 122 valence electrons. The molecule has 1 amide bonds. The molecule has 0 aliphatic rings. The number of fused-ring (bicyclic) bond motifs is 1. The second-order valence-corrected chi connectivity index (χ2v) is 6.00. The summed E-state index contributed by atoms with van der Waals surface area (Å²) in [5.41, 5.74) is 3.73. The molecule has 24 heavy (non-hydrogen) atoms. The predicted molar refractivity (Wildman–Crippen MR) is 97.4 cm³/mol. The number of hydrogen-bond donors (Lipinski definition) is 1. The zero-order valence-corrected chi connectivity index (χ0v) is 14.1. The lowest BCUT2D eigenvalue weighted by Gasteiger charge is -2.14.